The summed E-state index contributed by atoms with van der Waals surface area (Å²) in [5.41, 5.74) is 4.61. The average molecular weight is 416 g/mol. The molecule has 0 aliphatic rings. The Hall–Kier alpha value is -2.37. The number of thiophene rings is 1. The van der Waals surface area contributed by atoms with E-state index in [4.69, 9.17) is 16.3 Å². The van der Waals surface area contributed by atoms with Crippen molar-refractivity contribution in [3.63, 3.8) is 0 Å². The van der Waals surface area contributed by atoms with E-state index in [0.717, 1.165) is 34.9 Å². The van der Waals surface area contributed by atoms with Gasteiger partial charge in [-0.15, -0.1) is 0 Å². The second-order valence-electron chi connectivity index (χ2n) is 6.71. The van der Waals surface area contributed by atoms with Crippen LogP contribution >= 0.6 is 22.9 Å². The minimum Gasteiger partial charge on any atom is -0.457 e. The number of hydrogen-bond donors (Lipinski definition) is 0. The quantitative estimate of drug-likeness (QED) is 0.383. The molecule has 0 amide bonds. The van der Waals surface area contributed by atoms with Crippen molar-refractivity contribution in [2.75, 3.05) is 6.61 Å². The molecule has 0 unspecified atom stereocenters. The molecule has 0 saturated heterocycles. The highest BCUT2D eigenvalue weighted by molar-refractivity contribution is 7.08. The van der Waals surface area contributed by atoms with Crippen molar-refractivity contribution < 1.29 is 14.3 Å². The number of esters is 1. The summed E-state index contributed by atoms with van der Waals surface area (Å²) < 4.78 is 7.29. The zero-order valence-electron chi connectivity index (χ0n) is 15.9. The first-order valence-corrected chi connectivity index (χ1v) is 10.4. The number of aryl methyl sites for hydroxylation is 2. The van der Waals surface area contributed by atoms with Gasteiger partial charge in [-0.3, -0.25) is 9.59 Å². The molecular weight excluding hydrogens is 394 g/mol. The number of carbonyl (C=O) groups excluding carboxylic acids is 2. The van der Waals surface area contributed by atoms with Gasteiger partial charge in [0.2, 0.25) is 5.78 Å². The summed E-state index contributed by atoms with van der Waals surface area (Å²) >= 11 is 7.46. The van der Waals surface area contributed by atoms with Gasteiger partial charge in [0.1, 0.15) is 0 Å². The molecule has 0 atom stereocenters. The molecular formula is C22H22ClNO3S. The third-order valence-electron chi connectivity index (χ3n) is 4.70. The minimum atomic E-state index is -0.386. The first-order valence-electron chi connectivity index (χ1n) is 9.05. The molecule has 0 bridgehead atoms. The third kappa shape index (κ3) is 5.12. The number of hydrogen-bond acceptors (Lipinski definition) is 4. The number of benzene rings is 1. The molecule has 3 aromatic rings. The molecule has 0 radical (unpaired) electrons. The molecule has 3 rings (SSSR count). The lowest BCUT2D eigenvalue weighted by atomic mass is 10.1. The van der Waals surface area contributed by atoms with E-state index >= 15 is 0 Å². The maximum absolute atomic E-state index is 12.5. The van der Waals surface area contributed by atoms with Crippen molar-refractivity contribution in [3.05, 3.63) is 80.3 Å². The standard InChI is InChI=1S/C22H22ClNO3S/c1-15-11-20(21(25)13-27-22(26)12-18-8-10-28-14-18)16(2)24(15)9-7-17-3-5-19(23)6-4-17/h3-6,8,10-11,14H,7,9,12-13H2,1-2H3. The van der Waals surface area contributed by atoms with Crippen molar-refractivity contribution in [2.24, 2.45) is 0 Å². The summed E-state index contributed by atoms with van der Waals surface area (Å²) in [5, 5.41) is 4.53. The van der Waals surface area contributed by atoms with Crippen LogP contribution in [0.25, 0.3) is 0 Å². The van der Waals surface area contributed by atoms with E-state index < -0.39 is 0 Å². The second-order valence-corrected chi connectivity index (χ2v) is 7.92. The lowest BCUT2D eigenvalue weighted by molar-refractivity contribution is -0.141. The van der Waals surface area contributed by atoms with Crippen LogP contribution in [-0.2, 0) is 28.9 Å². The summed E-state index contributed by atoms with van der Waals surface area (Å²) in [6.45, 7) is 4.44. The van der Waals surface area contributed by atoms with Crippen LogP contribution in [-0.4, -0.2) is 22.9 Å². The van der Waals surface area contributed by atoms with Gasteiger partial charge < -0.3 is 9.30 Å². The predicted molar refractivity (Wildman–Crippen MR) is 112 cm³/mol. The Kier molecular flexibility index (Phi) is 6.70. The zero-order valence-corrected chi connectivity index (χ0v) is 17.5. The van der Waals surface area contributed by atoms with Gasteiger partial charge in [0.25, 0.3) is 0 Å². The number of carbonyl (C=O) groups is 2. The van der Waals surface area contributed by atoms with E-state index in [-0.39, 0.29) is 24.8 Å². The number of Topliss-reactive ketones (excluding diaryl/α,β-unsaturated/α-hetero) is 1. The molecule has 0 aliphatic heterocycles. The van der Waals surface area contributed by atoms with Crippen LogP contribution in [0, 0.1) is 13.8 Å². The maximum Gasteiger partial charge on any atom is 0.310 e. The molecule has 2 aromatic heterocycles. The molecule has 6 heteroatoms. The average Bonchev–Trinajstić information content (AvgIpc) is 3.27. The SMILES string of the molecule is Cc1cc(C(=O)COC(=O)Cc2ccsc2)c(C)n1CCc1ccc(Cl)cc1. The van der Waals surface area contributed by atoms with Crippen molar-refractivity contribution in [1.82, 2.24) is 4.57 Å². The monoisotopic (exact) mass is 415 g/mol. The highest BCUT2D eigenvalue weighted by Gasteiger charge is 2.17. The van der Waals surface area contributed by atoms with E-state index in [1.807, 2.05) is 61.0 Å². The summed E-state index contributed by atoms with van der Waals surface area (Å²) in [4.78, 5) is 24.4. The maximum atomic E-state index is 12.5. The Balaban J connectivity index is 1.59. The van der Waals surface area contributed by atoms with Crippen molar-refractivity contribution >= 4 is 34.7 Å². The van der Waals surface area contributed by atoms with E-state index in [1.54, 1.807) is 0 Å². The lowest BCUT2D eigenvalue weighted by Crippen LogP contribution is -2.16. The van der Waals surface area contributed by atoms with Gasteiger partial charge in [-0.25, -0.2) is 0 Å². The summed E-state index contributed by atoms with van der Waals surface area (Å²) in [6.07, 6.45) is 1.04. The molecule has 28 heavy (non-hydrogen) atoms. The van der Waals surface area contributed by atoms with Gasteiger partial charge in [0, 0.05) is 28.5 Å². The van der Waals surface area contributed by atoms with Crippen LogP contribution < -0.4 is 0 Å². The molecule has 0 N–H and O–H groups in total. The summed E-state index contributed by atoms with van der Waals surface area (Å²) in [6, 6.07) is 11.5. The fraction of sp³-hybridized carbons (Fsp3) is 0.273. The number of halogens is 1. The zero-order chi connectivity index (χ0) is 20.1. The fourth-order valence-electron chi connectivity index (χ4n) is 3.15. The Morgan fingerprint density at radius 2 is 1.86 bits per heavy atom. The van der Waals surface area contributed by atoms with Crippen molar-refractivity contribution in [3.8, 4) is 0 Å². The normalized spacial score (nSPS) is 10.8. The largest absolute Gasteiger partial charge is 0.457 e. The van der Waals surface area contributed by atoms with Crippen LogP contribution in [0.1, 0.15) is 32.9 Å². The van der Waals surface area contributed by atoms with E-state index in [1.165, 1.54) is 16.9 Å². The van der Waals surface area contributed by atoms with Gasteiger partial charge in [-0.2, -0.15) is 11.3 Å². The third-order valence-corrected chi connectivity index (χ3v) is 5.69. The van der Waals surface area contributed by atoms with E-state index in [2.05, 4.69) is 4.57 Å². The Morgan fingerprint density at radius 1 is 1.11 bits per heavy atom. The van der Waals surface area contributed by atoms with E-state index in [9.17, 15) is 9.59 Å². The van der Waals surface area contributed by atoms with Crippen LogP contribution in [0.3, 0.4) is 0 Å². The van der Waals surface area contributed by atoms with Crippen LogP contribution in [0.2, 0.25) is 5.02 Å². The smallest absolute Gasteiger partial charge is 0.310 e. The Labute approximate surface area is 173 Å². The molecule has 0 spiro atoms. The fourth-order valence-corrected chi connectivity index (χ4v) is 3.95. The first-order chi connectivity index (χ1) is 13.4. The Morgan fingerprint density at radius 3 is 2.54 bits per heavy atom. The van der Waals surface area contributed by atoms with Crippen molar-refractivity contribution in [1.29, 1.82) is 0 Å². The highest BCUT2D eigenvalue weighted by Crippen LogP contribution is 2.18. The van der Waals surface area contributed by atoms with Crippen LogP contribution in [0.5, 0.6) is 0 Å². The molecule has 0 saturated carbocycles. The topological polar surface area (TPSA) is 48.3 Å². The predicted octanol–water partition coefficient (Wildman–Crippen LogP) is 5.03. The van der Waals surface area contributed by atoms with Crippen molar-refractivity contribution in [2.45, 2.75) is 33.2 Å². The first kappa shape index (κ1) is 20.4. The highest BCUT2D eigenvalue weighted by atomic mass is 35.5. The molecule has 1 aromatic carbocycles. The van der Waals surface area contributed by atoms with Gasteiger partial charge in [0.05, 0.1) is 6.42 Å². The van der Waals surface area contributed by atoms with E-state index in [0.29, 0.717) is 5.56 Å². The molecule has 0 fully saturated rings. The van der Waals surface area contributed by atoms with Gasteiger partial charge >= 0.3 is 5.97 Å². The molecule has 0 aliphatic carbocycles. The molecule has 146 valence electrons. The molecule has 2 heterocycles. The van der Waals surface area contributed by atoms with Gasteiger partial charge in [-0.05, 0) is 66.4 Å². The number of rotatable bonds is 8. The van der Waals surface area contributed by atoms with Gasteiger partial charge in [0.15, 0.2) is 6.61 Å². The van der Waals surface area contributed by atoms with Crippen LogP contribution in [0.15, 0.2) is 47.2 Å². The lowest BCUT2D eigenvalue weighted by Gasteiger charge is -2.10. The summed E-state index contributed by atoms with van der Waals surface area (Å²) in [5.74, 6) is -0.562. The number of ketones is 1. The number of aromatic nitrogens is 1. The minimum absolute atomic E-state index is 0.176. The second kappa shape index (κ2) is 9.22. The number of ether oxygens (including phenoxy) is 1. The molecule has 4 nitrogen and oxygen atoms in total. The number of nitrogens with zero attached hydrogens (tertiary/aromatic N) is 1. The van der Waals surface area contributed by atoms with Gasteiger partial charge in [-0.1, -0.05) is 23.7 Å². The van der Waals surface area contributed by atoms with Crippen LogP contribution in [0.4, 0.5) is 0 Å². The Bertz CT molecular complexity index is 959. The summed E-state index contributed by atoms with van der Waals surface area (Å²) in [7, 11) is 0.